The number of aromatic nitrogens is 1. The maximum atomic E-state index is 13.5. The molecule has 0 saturated carbocycles. The first kappa shape index (κ1) is 22.7. The summed E-state index contributed by atoms with van der Waals surface area (Å²) in [6.45, 7) is 5.91. The molecule has 5 nitrogen and oxygen atoms in total. The molecule has 0 aliphatic heterocycles. The summed E-state index contributed by atoms with van der Waals surface area (Å²) in [5.74, 6) is -1.06. The van der Waals surface area contributed by atoms with Crippen molar-refractivity contribution in [1.29, 1.82) is 0 Å². The zero-order valence-electron chi connectivity index (χ0n) is 18.1. The van der Waals surface area contributed by atoms with Gasteiger partial charge in [0, 0.05) is 17.6 Å². The molecule has 0 bridgehead atoms. The van der Waals surface area contributed by atoms with Crippen LogP contribution < -0.4 is 0 Å². The van der Waals surface area contributed by atoms with Crippen molar-refractivity contribution in [3.8, 4) is 16.9 Å². The lowest BCUT2D eigenvalue weighted by Crippen LogP contribution is -2.16. The van der Waals surface area contributed by atoms with E-state index in [0.29, 0.717) is 13.0 Å². The number of hydrogen-bond acceptors (Lipinski definition) is 4. The van der Waals surface area contributed by atoms with Crippen LogP contribution in [0.25, 0.3) is 16.9 Å². The van der Waals surface area contributed by atoms with Gasteiger partial charge in [0.2, 0.25) is 0 Å². The highest BCUT2D eigenvalue weighted by Crippen LogP contribution is 2.35. The van der Waals surface area contributed by atoms with Gasteiger partial charge in [-0.25, -0.2) is 12.8 Å². The van der Waals surface area contributed by atoms with Gasteiger partial charge in [-0.3, -0.25) is 4.79 Å². The van der Waals surface area contributed by atoms with Crippen LogP contribution in [0.15, 0.2) is 59.5 Å². The van der Waals surface area contributed by atoms with Crippen LogP contribution in [-0.4, -0.2) is 31.8 Å². The van der Waals surface area contributed by atoms with Gasteiger partial charge in [-0.05, 0) is 73.9 Å². The molecule has 0 N–H and O–H groups in total. The van der Waals surface area contributed by atoms with Gasteiger partial charge in [0.1, 0.15) is 5.82 Å². The summed E-state index contributed by atoms with van der Waals surface area (Å²) in [7, 11) is -3.32. The maximum absolute atomic E-state index is 13.5. The van der Waals surface area contributed by atoms with Gasteiger partial charge in [0.05, 0.1) is 23.1 Å². The van der Waals surface area contributed by atoms with E-state index in [9.17, 15) is 17.6 Å². The molecule has 0 aliphatic carbocycles. The Labute approximate surface area is 182 Å². The number of esters is 1. The summed E-state index contributed by atoms with van der Waals surface area (Å²) in [5.41, 5.74) is 3.97. The molecule has 0 amide bonds. The lowest BCUT2D eigenvalue weighted by Gasteiger charge is -2.15. The second kappa shape index (κ2) is 9.06. The van der Waals surface area contributed by atoms with Gasteiger partial charge in [0.25, 0.3) is 0 Å². The van der Waals surface area contributed by atoms with E-state index in [2.05, 4.69) is 0 Å². The monoisotopic (exact) mass is 443 g/mol. The van der Waals surface area contributed by atoms with Gasteiger partial charge in [-0.2, -0.15) is 0 Å². The highest BCUT2D eigenvalue weighted by molar-refractivity contribution is 7.90. The van der Waals surface area contributed by atoms with Crippen LogP contribution in [0.1, 0.15) is 37.4 Å². The van der Waals surface area contributed by atoms with Crippen molar-refractivity contribution < 1.29 is 22.3 Å². The molecule has 1 atom stereocenters. The average molecular weight is 444 g/mol. The van der Waals surface area contributed by atoms with Crippen LogP contribution >= 0.6 is 0 Å². The molecule has 0 fully saturated rings. The first-order chi connectivity index (χ1) is 14.7. The molecule has 1 aromatic heterocycles. The summed E-state index contributed by atoms with van der Waals surface area (Å²) in [5, 5.41) is 0. The Kier molecular flexibility index (Phi) is 6.65. The molecule has 3 rings (SSSR count). The van der Waals surface area contributed by atoms with Gasteiger partial charge in [-0.1, -0.05) is 19.1 Å². The highest BCUT2D eigenvalue weighted by atomic mass is 32.2. The van der Waals surface area contributed by atoms with E-state index in [4.69, 9.17) is 4.74 Å². The minimum absolute atomic E-state index is 0.228. The quantitative estimate of drug-likeness (QED) is 0.479. The molecular formula is C24H26FNO4S. The van der Waals surface area contributed by atoms with Crippen LogP contribution in [0.5, 0.6) is 0 Å². The molecule has 31 heavy (non-hydrogen) atoms. The average Bonchev–Trinajstić information content (AvgIpc) is 3.06. The third-order valence-corrected chi connectivity index (χ3v) is 6.43. The number of carbonyl (C=O) groups is 1. The highest BCUT2D eigenvalue weighted by Gasteiger charge is 2.26. The first-order valence-corrected chi connectivity index (χ1v) is 12.0. The van der Waals surface area contributed by atoms with Crippen LogP contribution in [0.3, 0.4) is 0 Å². The van der Waals surface area contributed by atoms with Gasteiger partial charge >= 0.3 is 5.97 Å². The molecule has 1 unspecified atom stereocenters. The molecule has 1 heterocycles. The maximum Gasteiger partial charge on any atom is 0.313 e. The fraction of sp³-hybridized carbons (Fsp3) is 0.292. The van der Waals surface area contributed by atoms with Gasteiger partial charge < -0.3 is 9.30 Å². The van der Waals surface area contributed by atoms with Crippen molar-refractivity contribution in [3.63, 3.8) is 0 Å². The molecule has 7 heteroatoms. The van der Waals surface area contributed by atoms with Crippen molar-refractivity contribution in [3.05, 3.63) is 71.7 Å². The lowest BCUT2D eigenvalue weighted by atomic mass is 9.96. The van der Waals surface area contributed by atoms with Crippen molar-refractivity contribution in [2.75, 3.05) is 12.9 Å². The van der Waals surface area contributed by atoms with Crippen molar-refractivity contribution >= 4 is 15.8 Å². The van der Waals surface area contributed by atoms with Crippen LogP contribution in [0.4, 0.5) is 4.39 Å². The van der Waals surface area contributed by atoms with Gasteiger partial charge in [0.15, 0.2) is 9.84 Å². The molecule has 0 aliphatic rings. The Balaban J connectivity index is 2.21. The van der Waals surface area contributed by atoms with E-state index in [0.717, 1.165) is 34.5 Å². The number of hydrogen-bond donors (Lipinski definition) is 0. The summed E-state index contributed by atoms with van der Waals surface area (Å²) in [4.78, 5) is 12.8. The fourth-order valence-corrected chi connectivity index (χ4v) is 4.37. The standard InChI is InChI=1S/C24H26FNO4S/c1-5-21(24(27)30-6-2)22-15-23(17-7-13-20(14-8-17)31(4,28)29)26(16(22)3)19-11-9-18(25)10-12-19/h7-15,21H,5-6H2,1-4H3. The van der Waals surface area contributed by atoms with Crippen molar-refractivity contribution in [2.24, 2.45) is 0 Å². The first-order valence-electron chi connectivity index (χ1n) is 10.1. The Morgan fingerprint density at radius 3 is 2.19 bits per heavy atom. The van der Waals surface area contributed by atoms with Crippen LogP contribution in [-0.2, 0) is 19.4 Å². The third kappa shape index (κ3) is 4.71. The number of benzene rings is 2. The topological polar surface area (TPSA) is 65.4 Å². The summed E-state index contributed by atoms with van der Waals surface area (Å²) >= 11 is 0. The number of ether oxygens (including phenoxy) is 1. The molecule has 164 valence electrons. The number of sulfone groups is 1. The minimum Gasteiger partial charge on any atom is -0.466 e. The van der Waals surface area contributed by atoms with E-state index in [1.807, 2.05) is 24.5 Å². The van der Waals surface area contributed by atoms with Crippen molar-refractivity contribution in [1.82, 2.24) is 4.57 Å². The summed E-state index contributed by atoms with van der Waals surface area (Å²) in [6.07, 6.45) is 1.73. The Morgan fingerprint density at radius 1 is 1.06 bits per heavy atom. The zero-order chi connectivity index (χ0) is 22.8. The fourth-order valence-electron chi connectivity index (χ4n) is 3.74. The Bertz CT molecular complexity index is 1180. The predicted octanol–water partition coefficient (Wildman–Crippen LogP) is 5.05. The summed E-state index contributed by atoms with van der Waals surface area (Å²) < 4.78 is 44.4. The largest absolute Gasteiger partial charge is 0.466 e. The SMILES string of the molecule is CCOC(=O)C(CC)c1cc(-c2ccc(S(C)(=O)=O)cc2)n(-c2ccc(F)cc2)c1C. The van der Waals surface area contributed by atoms with Crippen LogP contribution in [0.2, 0.25) is 0 Å². The number of nitrogens with zero attached hydrogens (tertiary/aromatic N) is 1. The number of halogens is 1. The molecule has 0 spiro atoms. The van der Waals surface area contributed by atoms with E-state index in [-0.39, 0.29) is 16.7 Å². The van der Waals surface area contributed by atoms with E-state index < -0.39 is 15.8 Å². The molecule has 3 aromatic rings. The van der Waals surface area contributed by atoms with E-state index >= 15 is 0 Å². The van der Waals surface area contributed by atoms with E-state index in [1.54, 1.807) is 43.3 Å². The predicted molar refractivity (Wildman–Crippen MR) is 119 cm³/mol. The summed E-state index contributed by atoms with van der Waals surface area (Å²) in [6, 6.07) is 14.6. The lowest BCUT2D eigenvalue weighted by molar-refractivity contribution is -0.145. The Hall–Kier alpha value is -2.93. The van der Waals surface area contributed by atoms with E-state index in [1.165, 1.54) is 12.1 Å². The molecular weight excluding hydrogens is 417 g/mol. The van der Waals surface area contributed by atoms with Crippen molar-refractivity contribution in [2.45, 2.75) is 38.0 Å². The molecule has 0 radical (unpaired) electrons. The second-order valence-corrected chi connectivity index (χ2v) is 9.41. The smallest absolute Gasteiger partial charge is 0.313 e. The number of carbonyl (C=O) groups excluding carboxylic acids is 1. The Morgan fingerprint density at radius 2 is 1.68 bits per heavy atom. The van der Waals surface area contributed by atoms with Crippen LogP contribution in [0, 0.1) is 12.7 Å². The zero-order valence-corrected chi connectivity index (χ0v) is 18.9. The minimum atomic E-state index is -3.32. The molecule has 0 saturated heterocycles. The normalized spacial score (nSPS) is 12.5. The molecule has 2 aromatic carbocycles. The third-order valence-electron chi connectivity index (χ3n) is 5.30. The van der Waals surface area contributed by atoms with Gasteiger partial charge in [-0.15, -0.1) is 0 Å². The number of rotatable bonds is 7. The second-order valence-electron chi connectivity index (χ2n) is 7.39.